The lowest BCUT2D eigenvalue weighted by Crippen LogP contribution is -2.32. The first-order valence-electron chi connectivity index (χ1n) is 6.72. The number of nitrogens with one attached hydrogen (secondary N) is 1. The van der Waals surface area contributed by atoms with Crippen molar-refractivity contribution < 1.29 is 4.79 Å². The van der Waals surface area contributed by atoms with E-state index in [4.69, 9.17) is 0 Å². The molecule has 0 saturated carbocycles. The number of benzene rings is 1. The topological polar surface area (TPSA) is 32.3 Å². The van der Waals surface area contributed by atoms with Gasteiger partial charge < -0.3 is 10.2 Å². The van der Waals surface area contributed by atoms with E-state index < -0.39 is 0 Å². The Bertz CT molecular complexity index is 477. The van der Waals surface area contributed by atoms with Crippen LogP contribution in [0.4, 0.5) is 0 Å². The summed E-state index contributed by atoms with van der Waals surface area (Å²) >= 11 is 0. The Morgan fingerprint density at radius 2 is 1.84 bits per heavy atom. The number of halogens is 1. The highest BCUT2D eigenvalue weighted by Crippen LogP contribution is 2.28. The van der Waals surface area contributed by atoms with Crippen LogP contribution in [-0.2, 0) is 0 Å². The van der Waals surface area contributed by atoms with Crippen molar-refractivity contribution >= 4 is 18.3 Å². The first kappa shape index (κ1) is 14.4. The van der Waals surface area contributed by atoms with Gasteiger partial charge in [0.05, 0.1) is 0 Å². The zero-order valence-electron chi connectivity index (χ0n) is 11.5. The number of hydrogen-bond donors (Lipinski definition) is 1. The molecule has 2 fully saturated rings. The van der Waals surface area contributed by atoms with E-state index in [2.05, 4.69) is 18.3 Å². The van der Waals surface area contributed by atoms with Crippen molar-refractivity contribution in [3.05, 3.63) is 34.9 Å². The summed E-state index contributed by atoms with van der Waals surface area (Å²) in [5.74, 6) is 1.54. The lowest BCUT2D eigenvalue weighted by atomic mass is 10.0. The summed E-state index contributed by atoms with van der Waals surface area (Å²) in [4.78, 5) is 14.6. The maximum Gasteiger partial charge on any atom is 0.254 e. The number of aryl methyl sites for hydroxylation is 2. The third-order valence-electron chi connectivity index (χ3n) is 4.29. The van der Waals surface area contributed by atoms with Gasteiger partial charge in [-0.1, -0.05) is 17.7 Å². The SMILES string of the molecule is Cc1ccc(C(=O)N2C[C@H]3CNC[C@H]3C2)c(C)c1.Cl. The summed E-state index contributed by atoms with van der Waals surface area (Å²) in [6, 6.07) is 6.09. The fourth-order valence-electron chi connectivity index (χ4n) is 3.25. The summed E-state index contributed by atoms with van der Waals surface area (Å²) in [6.45, 7) is 8.07. The van der Waals surface area contributed by atoms with Crippen molar-refractivity contribution in [3.63, 3.8) is 0 Å². The molecule has 0 spiro atoms. The molecule has 0 radical (unpaired) electrons. The number of hydrogen-bond acceptors (Lipinski definition) is 2. The highest BCUT2D eigenvalue weighted by molar-refractivity contribution is 5.95. The van der Waals surface area contributed by atoms with E-state index in [1.165, 1.54) is 5.56 Å². The lowest BCUT2D eigenvalue weighted by molar-refractivity contribution is 0.0781. The minimum atomic E-state index is 0. The normalized spacial score (nSPS) is 25.1. The highest BCUT2D eigenvalue weighted by Gasteiger charge is 2.38. The zero-order chi connectivity index (χ0) is 12.7. The van der Waals surface area contributed by atoms with Crippen LogP contribution in [0.1, 0.15) is 21.5 Å². The number of carbonyl (C=O) groups is 1. The predicted octanol–water partition coefficient (Wildman–Crippen LogP) is 2.02. The Kier molecular flexibility index (Phi) is 4.16. The molecule has 0 aromatic heterocycles. The van der Waals surface area contributed by atoms with E-state index in [1.54, 1.807) is 0 Å². The van der Waals surface area contributed by atoms with E-state index in [0.717, 1.165) is 37.3 Å². The Hall–Kier alpha value is -1.06. The summed E-state index contributed by atoms with van der Waals surface area (Å²) in [5.41, 5.74) is 3.18. The van der Waals surface area contributed by atoms with Crippen LogP contribution >= 0.6 is 12.4 Å². The van der Waals surface area contributed by atoms with Crippen molar-refractivity contribution in [1.82, 2.24) is 10.2 Å². The standard InChI is InChI=1S/C15H20N2O.ClH/c1-10-3-4-14(11(2)5-10)15(18)17-8-12-6-16-7-13(12)9-17;/h3-5,12-13,16H,6-9H2,1-2H3;1H/t12-,13+;. The molecule has 4 heteroatoms. The van der Waals surface area contributed by atoms with Crippen LogP contribution in [0.2, 0.25) is 0 Å². The summed E-state index contributed by atoms with van der Waals surface area (Å²) < 4.78 is 0. The molecule has 1 N–H and O–H groups in total. The molecule has 0 bridgehead atoms. The van der Waals surface area contributed by atoms with E-state index in [9.17, 15) is 4.79 Å². The molecule has 2 atom stereocenters. The third-order valence-corrected chi connectivity index (χ3v) is 4.29. The van der Waals surface area contributed by atoms with Crippen molar-refractivity contribution in [2.75, 3.05) is 26.2 Å². The number of likely N-dealkylation sites (tertiary alicyclic amines) is 1. The fourth-order valence-corrected chi connectivity index (χ4v) is 3.25. The largest absolute Gasteiger partial charge is 0.338 e. The van der Waals surface area contributed by atoms with Gasteiger partial charge in [0.1, 0.15) is 0 Å². The van der Waals surface area contributed by atoms with Gasteiger partial charge in [0.15, 0.2) is 0 Å². The van der Waals surface area contributed by atoms with Gasteiger partial charge in [0.25, 0.3) is 5.91 Å². The molecule has 2 aliphatic rings. The number of amides is 1. The van der Waals surface area contributed by atoms with Gasteiger partial charge in [-0.3, -0.25) is 4.79 Å². The van der Waals surface area contributed by atoms with Crippen LogP contribution < -0.4 is 5.32 Å². The van der Waals surface area contributed by atoms with Crippen LogP contribution in [0.3, 0.4) is 0 Å². The second-order valence-corrected chi connectivity index (χ2v) is 5.71. The molecule has 0 unspecified atom stereocenters. The minimum Gasteiger partial charge on any atom is -0.338 e. The molecule has 3 nitrogen and oxygen atoms in total. The molecular weight excluding hydrogens is 260 g/mol. The van der Waals surface area contributed by atoms with Crippen LogP contribution in [0.5, 0.6) is 0 Å². The second-order valence-electron chi connectivity index (χ2n) is 5.71. The van der Waals surface area contributed by atoms with Crippen molar-refractivity contribution in [2.24, 2.45) is 11.8 Å². The van der Waals surface area contributed by atoms with Crippen LogP contribution in [-0.4, -0.2) is 37.0 Å². The Morgan fingerprint density at radius 3 is 2.42 bits per heavy atom. The van der Waals surface area contributed by atoms with Crippen molar-refractivity contribution in [2.45, 2.75) is 13.8 Å². The molecule has 2 heterocycles. The molecule has 2 aliphatic heterocycles. The summed E-state index contributed by atoms with van der Waals surface area (Å²) in [7, 11) is 0. The molecule has 3 rings (SSSR count). The molecule has 1 aromatic carbocycles. The minimum absolute atomic E-state index is 0. The second kappa shape index (κ2) is 5.51. The number of nitrogens with zero attached hydrogens (tertiary/aromatic N) is 1. The van der Waals surface area contributed by atoms with E-state index in [0.29, 0.717) is 11.8 Å². The van der Waals surface area contributed by atoms with Crippen LogP contribution in [0.15, 0.2) is 18.2 Å². The lowest BCUT2D eigenvalue weighted by Gasteiger charge is -2.19. The van der Waals surface area contributed by atoms with Gasteiger partial charge in [0.2, 0.25) is 0 Å². The predicted molar refractivity (Wildman–Crippen MR) is 78.9 cm³/mol. The van der Waals surface area contributed by atoms with Crippen LogP contribution in [0, 0.1) is 25.7 Å². The van der Waals surface area contributed by atoms with Gasteiger partial charge >= 0.3 is 0 Å². The van der Waals surface area contributed by atoms with Crippen LogP contribution in [0.25, 0.3) is 0 Å². The molecule has 1 amide bonds. The van der Waals surface area contributed by atoms with Crippen molar-refractivity contribution in [1.29, 1.82) is 0 Å². The van der Waals surface area contributed by atoms with Gasteiger partial charge in [0, 0.05) is 31.7 Å². The third kappa shape index (κ3) is 2.63. The van der Waals surface area contributed by atoms with E-state index >= 15 is 0 Å². The average molecular weight is 281 g/mol. The zero-order valence-corrected chi connectivity index (χ0v) is 12.3. The molecule has 1 aromatic rings. The van der Waals surface area contributed by atoms with Gasteiger partial charge in [-0.2, -0.15) is 0 Å². The monoisotopic (exact) mass is 280 g/mol. The Morgan fingerprint density at radius 1 is 1.21 bits per heavy atom. The molecule has 0 aliphatic carbocycles. The summed E-state index contributed by atoms with van der Waals surface area (Å²) in [6.07, 6.45) is 0. The fraction of sp³-hybridized carbons (Fsp3) is 0.533. The number of fused-ring (bicyclic) bond motifs is 1. The first-order valence-corrected chi connectivity index (χ1v) is 6.72. The number of rotatable bonds is 1. The molecule has 104 valence electrons. The maximum atomic E-state index is 12.5. The van der Waals surface area contributed by atoms with E-state index in [1.807, 2.05) is 24.0 Å². The average Bonchev–Trinajstić information content (AvgIpc) is 2.87. The number of carbonyl (C=O) groups excluding carboxylic acids is 1. The molecular formula is C15H21ClN2O. The first-order chi connectivity index (χ1) is 8.65. The van der Waals surface area contributed by atoms with Gasteiger partial charge in [-0.05, 0) is 37.3 Å². The smallest absolute Gasteiger partial charge is 0.254 e. The quantitative estimate of drug-likeness (QED) is 0.854. The Labute approximate surface area is 120 Å². The van der Waals surface area contributed by atoms with E-state index in [-0.39, 0.29) is 18.3 Å². The molecule has 2 saturated heterocycles. The molecule has 19 heavy (non-hydrogen) atoms. The van der Waals surface area contributed by atoms with Gasteiger partial charge in [-0.15, -0.1) is 12.4 Å². The van der Waals surface area contributed by atoms with Crippen molar-refractivity contribution in [3.8, 4) is 0 Å². The summed E-state index contributed by atoms with van der Waals surface area (Å²) in [5, 5.41) is 3.40. The highest BCUT2D eigenvalue weighted by atomic mass is 35.5. The maximum absolute atomic E-state index is 12.5. The Balaban J connectivity index is 0.00000133. The van der Waals surface area contributed by atoms with Gasteiger partial charge in [-0.25, -0.2) is 0 Å².